The van der Waals surface area contributed by atoms with Crippen LogP contribution >= 0.6 is 11.8 Å². The maximum absolute atomic E-state index is 12.2. The molecule has 4 rings (SSSR count). The van der Waals surface area contributed by atoms with Crippen LogP contribution in [0.5, 0.6) is 5.75 Å². The highest BCUT2D eigenvalue weighted by molar-refractivity contribution is 7.98. The molecule has 2 aromatic heterocycles. The van der Waals surface area contributed by atoms with E-state index in [0.29, 0.717) is 24.8 Å². The maximum atomic E-state index is 12.2. The van der Waals surface area contributed by atoms with Crippen LogP contribution in [0, 0.1) is 0 Å². The van der Waals surface area contributed by atoms with Gasteiger partial charge in [0, 0.05) is 19.6 Å². The number of nitrogens with zero attached hydrogens (tertiary/aromatic N) is 5. The van der Waals surface area contributed by atoms with Gasteiger partial charge < -0.3 is 15.0 Å². The Labute approximate surface area is 192 Å². The van der Waals surface area contributed by atoms with E-state index in [-0.39, 0.29) is 12.5 Å². The zero-order chi connectivity index (χ0) is 22.5. The average Bonchev–Trinajstić information content (AvgIpc) is 3.48. The van der Waals surface area contributed by atoms with Gasteiger partial charge in [-0.3, -0.25) is 4.79 Å². The van der Waals surface area contributed by atoms with Gasteiger partial charge in [0.25, 0.3) is 5.91 Å². The van der Waals surface area contributed by atoms with E-state index in [1.807, 2.05) is 41.4 Å². The molecule has 0 spiro atoms. The summed E-state index contributed by atoms with van der Waals surface area (Å²) >= 11 is 1.53. The second-order valence-electron chi connectivity index (χ2n) is 8.20. The lowest BCUT2D eigenvalue weighted by molar-refractivity contribution is -0.123. The number of carbonyl (C=O) groups is 1. The Bertz CT molecular complexity index is 1060. The number of benzene rings is 1. The molecular weight excluding hydrogens is 424 g/mol. The lowest BCUT2D eigenvalue weighted by atomic mass is 10.0. The van der Waals surface area contributed by atoms with Crippen LogP contribution in [0.2, 0.25) is 0 Å². The van der Waals surface area contributed by atoms with E-state index in [0.717, 1.165) is 35.1 Å². The van der Waals surface area contributed by atoms with E-state index in [4.69, 9.17) is 9.72 Å². The van der Waals surface area contributed by atoms with Crippen molar-refractivity contribution in [2.24, 2.45) is 0 Å². The van der Waals surface area contributed by atoms with E-state index in [2.05, 4.69) is 34.1 Å². The second kappa shape index (κ2) is 10.2. The summed E-state index contributed by atoms with van der Waals surface area (Å²) in [6.45, 7) is 7.29. The minimum Gasteiger partial charge on any atom is -0.484 e. The standard InChI is InChI=1S/C23H30N6O2S/c1-16(2)17-6-8-18(9-7-17)31-15-20(30)24-10-13-29-22-19(14-25-29)21(26-23(27-22)32-3)28-11-4-5-12-28/h6-9,14,16H,4-5,10-13,15H2,1-3H3,(H,24,30). The summed E-state index contributed by atoms with van der Waals surface area (Å²) in [5, 5.41) is 9.11. The molecular formula is C23H30N6O2S. The Hall–Kier alpha value is -2.81. The van der Waals surface area contributed by atoms with Crippen molar-refractivity contribution in [3.63, 3.8) is 0 Å². The first-order valence-corrected chi connectivity index (χ1v) is 12.3. The molecule has 8 nitrogen and oxygen atoms in total. The molecule has 0 atom stereocenters. The lowest BCUT2D eigenvalue weighted by Crippen LogP contribution is -2.31. The van der Waals surface area contributed by atoms with Crippen LogP contribution in [0.25, 0.3) is 11.0 Å². The first-order valence-electron chi connectivity index (χ1n) is 11.1. The van der Waals surface area contributed by atoms with E-state index >= 15 is 0 Å². The first kappa shape index (κ1) is 22.4. The summed E-state index contributed by atoms with van der Waals surface area (Å²) < 4.78 is 7.44. The van der Waals surface area contributed by atoms with Gasteiger partial charge in [0.1, 0.15) is 11.6 Å². The molecule has 0 unspecified atom stereocenters. The normalized spacial score (nSPS) is 13.8. The van der Waals surface area contributed by atoms with Gasteiger partial charge in [-0.2, -0.15) is 5.10 Å². The number of amides is 1. The molecule has 1 aliphatic rings. The molecule has 170 valence electrons. The monoisotopic (exact) mass is 454 g/mol. The topological polar surface area (TPSA) is 85.2 Å². The van der Waals surface area contributed by atoms with Crippen molar-refractivity contribution in [3.8, 4) is 5.75 Å². The third kappa shape index (κ3) is 5.15. The third-order valence-electron chi connectivity index (χ3n) is 5.61. The van der Waals surface area contributed by atoms with E-state index in [1.54, 1.807) is 0 Å². The number of fused-ring (bicyclic) bond motifs is 1. The van der Waals surface area contributed by atoms with Gasteiger partial charge in [-0.05, 0) is 42.7 Å². The molecule has 1 aromatic carbocycles. The van der Waals surface area contributed by atoms with Crippen molar-refractivity contribution >= 4 is 34.5 Å². The molecule has 0 radical (unpaired) electrons. The van der Waals surface area contributed by atoms with Crippen molar-refractivity contribution in [2.75, 3.05) is 37.4 Å². The molecule has 3 aromatic rings. The van der Waals surface area contributed by atoms with Gasteiger partial charge in [-0.1, -0.05) is 37.7 Å². The summed E-state index contributed by atoms with van der Waals surface area (Å²) in [5.41, 5.74) is 2.05. The zero-order valence-corrected chi connectivity index (χ0v) is 19.7. The number of carbonyl (C=O) groups excluding carboxylic acids is 1. The number of hydrogen-bond acceptors (Lipinski definition) is 7. The van der Waals surface area contributed by atoms with Crippen molar-refractivity contribution in [1.82, 2.24) is 25.1 Å². The maximum Gasteiger partial charge on any atom is 0.258 e. The molecule has 1 N–H and O–H groups in total. The molecule has 1 fully saturated rings. The zero-order valence-electron chi connectivity index (χ0n) is 18.9. The number of aromatic nitrogens is 4. The van der Waals surface area contributed by atoms with Crippen LogP contribution in [-0.4, -0.2) is 58.2 Å². The van der Waals surface area contributed by atoms with Gasteiger partial charge in [0.15, 0.2) is 17.4 Å². The van der Waals surface area contributed by atoms with Crippen LogP contribution in [0.15, 0.2) is 35.6 Å². The highest BCUT2D eigenvalue weighted by Gasteiger charge is 2.20. The molecule has 1 saturated heterocycles. The Morgan fingerprint density at radius 1 is 1.19 bits per heavy atom. The van der Waals surface area contributed by atoms with Crippen molar-refractivity contribution in [2.45, 2.75) is 44.3 Å². The van der Waals surface area contributed by atoms with Gasteiger partial charge in [0.2, 0.25) is 0 Å². The molecule has 0 saturated carbocycles. The quantitative estimate of drug-likeness (QED) is 0.391. The minimum absolute atomic E-state index is 0.0151. The molecule has 1 aliphatic heterocycles. The number of thioether (sulfide) groups is 1. The predicted octanol–water partition coefficient (Wildman–Crippen LogP) is 3.47. The minimum atomic E-state index is -0.161. The first-order chi connectivity index (χ1) is 15.5. The van der Waals surface area contributed by atoms with Crippen LogP contribution in [0.4, 0.5) is 5.82 Å². The molecule has 0 bridgehead atoms. The molecule has 9 heteroatoms. The largest absolute Gasteiger partial charge is 0.484 e. The van der Waals surface area contributed by atoms with Gasteiger partial charge in [-0.25, -0.2) is 14.6 Å². The molecule has 3 heterocycles. The number of rotatable bonds is 9. The molecule has 32 heavy (non-hydrogen) atoms. The van der Waals surface area contributed by atoms with Crippen LogP contribution in [-0.2, 0) is 11.3 Å². The Kier molecular flexibility index (Phi) is 7.14. The lowest BCUT2D eigenvalue weighted by Gasteiger charge is -2.17. The van der Waals surface area contributed by atoms with E-state index in [1.165, 1.54) is 30.2 Å². The number of nitrogens with one attached hydrogen (secondary N) is 1. The average molecular weight is 455 g/mol. The Morgan fingerprint density at radius 2 is 1.94 bits per heavy atom. The summed E-state index contributed by atoms with van der Waals surface area (Å²) in [7, 11) is 0. The van der Waals surface area contributed by atoms with Crippen LogP contribution in [0.3, 0.4) is 0 Å². The Morgan fingerprint density at radius 3 is 2.62 bits per heavy atom. The third-order valence-corrected chi connectivity index (χ3v) is 6.15. The summed E-state index contributed by atoms with van der Waals surface area (Å²) in [6, 6.07) is 7.86. The highest BCUT2D eigenvalue weighted by atomic mass is 32.2. The van der Waals surface area contributed by atoms with Crippen LogP contribution < -0.4 is 15.0 Å². The van der Waals surface area contributed by atoms with Crippen molar-refractivity contribution in [3.05, 3.63) is 36.0 Å². The Balaban J connectivity index is 1.34. The predicted molar refractivity (Wildman–Crippen MR) is 128 cm³/mol. The smallest absolute Gasteiger partial charge is 0.258 e. The van der Waals surface area contributed by atoms with Gasteiger partial charge in [0.05, 0.1) is 18.1 Å². The van der Waals surface area contributed by atoms with Crippen LogP contribution in [0.1, 0.15) is 38.2 Å². The fourth-order valence-corrected chi connectivity index (χ4v) is 4.15. The van der Waals surface area contributed by atoms with E-state index in [9.17, 15) is 4.79 Å². The second-order valence-corrected chi connectivity index (χ2v) is 8.97. The SMILES string of the molecule is CSc1nc(N2CCCC2)c2cnn(CCNC(=O)COc3ccc(C(C)C)cc3)c2n1. The van der Waals surface area contributed by atoms with Crippen molar-refractivity contribution < 1.29 is 9.53 Å². The summed E-state index contributed by atoms with van der Waals surface area (Å²) in [4.78, 5) is 23.9. The highest BCUT2D eigenvalue weighted by Crippen LogP contribution is 2.28. The van der Waals surface area contributed by atoms with E-state index < -0.39 is 0 Å². The van der Waals surface area contributed by atoms with Gasteiger partial charge >= 0.3 is 0 Å². The summed E-state index contributed by atoms with van der Waals surface area (Å²) in [6.07, 6.45) is 6.18. The number of hydrogen-bond donors (Lipinski definition) is 1. The summed E-state index contributed by atoms with van der Waals surface area (Å²) in [5.74, 6) is 1.96. The fraction of sp³-hybridized carbons (Fsp3) is 0.478. The molecule has 1 amide bonds. The fourth-order valence-electron chi connectivity index (χ4n) is 3.80. The van der Waals surface area contributed by atoms with Crippen molar-refractivity contribution in [1.29, 1.82) is 0 Å². The number of anilines is 1. The number of ether oxygens (including phenoxy) is 1. The van der Waals surface area contributed by atoms with Gasteiger partial charge in [-0.15, -0.1) is 0 Å². The molecule has 0 aliphatic carbocycles.